The van der Waals surface area contributed by atoms with Crippen LogP contribution < -0.4 is 9.13 Å². The summed E-state index contributed by atoms with van der Waals surface area (Å²) < 4.78 is 5.66. The van der Waals surface area contributed by atoms with E-state index in [0.717, 1.165) is 34.0 Å². The summed E-state index contributed by atoms with van der Waals surface area (Å²) in [7, 11) is -0.462. The van der Waals surface area contributed by atoms with Gasteiger partial charge in [-0.25, -0.2) is 0 Å². The lowest BCUT2D eigenvalue weighted by molar-refractivity contribution is -0.735. The van der Waals surface area contributed by atoms with E-state index in [0.29, 0.717) is 10.4 Å². The molecule has 2 aromatic heterocycles. The lowest BCUT2D eigenvalue weighted by atomic mass is 9.78. The second kappa shape index (κ2) is 16.6. The second-order valence-electron chi connectivity index (χ2n) is 21.0. The molecule has 2 nitrogen and oxygen atoms in total. The van der Waals surface area contributed by atoms with Crippen molar-refractivity contribution in [3.63, 3.8) is 0 Å². The monoisotopic (exact) mass is 773 g/mol. The van der Waals surface area contributed by atoms with Crippen LogP contribution in [0, 0.1) is 0 Å². The minimum Gasteiger partial charge on any atom is -0.196 e. The van der Waals surface area contributed by atoms with E-state index in [1.807, 2.05) is 0 Å². The van der Waals surface area contributed by atoms with Gasteiger partial charge in [0.25, 0.3) is 16.3 Å². The number of rotatable bonds is 9. The number of aromatic nitrogens is 2. The van der Waals surface area contributed by atoms with E-state index in [4.69, 9.17) is 0 Å². The molecule has 7 aliphatic carbocycles. The summed E-state index contributed by atoms with van der Waals surface area (Å²) in [5.74, 6) is 0. The molecule has 2 heterocycles. The average Bonchev–Trinajstić information content (AvgIpc) is 3.23. The molecule has 0 aliphatic heterocycles. The molecule has 2 aromatic rings. The van der Waals surface area contributed by atoms with Crippen molar-refractivity contribution in [3.8, 4) is 0 Å². The van der Waals surface area contributed by atoms with Crippen LogP contribution in [-0.2, 0) is 12.3 Å². The quantitative estimate of drug-likeness (QED) is 0.177. The SMILES string of the molecule is C[n+]1cccc2c1ccc[n+]2C1([P+](C2CCCCC2)(C2CCCCC2)C2CCCCC2)CC(C)([P+](C2CCCCC2)(C2CCCCC2)C2CCCCC2)C1. The molecule has 0 atom stereocenters. The molecule has 0 amide bonds. The Bertz CT molecular complexity index is 1430. The van der Waals surface area contributed by atoms with Crippen LogP contribution in [0.3, 0.4) is 0 Å². The van der Waals surface area contributed by atoms with Gasteiger partial charge in [-0.3, -0.25) is 0 Å². The van der Waals surface area contributed by atoms with Crippen molar-refractivity contribution in [2.24, 2.45) is 7.05 Å². The first kappa shape index (κ1) is 38.9. The zero-order valence-electron chi connectivity index (χ0n) is 35.3. The Morgan fingerprint density at radius 3 is 1.11 bits per heavy atom. The summed E-state index contributed by atoms with van der Waals surface area (Å²) >= 11 is 0. The summed E-state index contributed by atoms with van der Waals surface area (Å²) in [4.78, 5) is 0. The molecule has 9 rings (SSSR count). The van der Waals surface area contributed by atoms with Crippen LogP contribution in [0.5, 0.6) is 0 Å². The van der Waals surface area contributed by atoms with Gasteiger partial charge in [0.05, 0.1) is 59.2 Å². The van der Waals surface area contributed by atoms with Crippen molar-refractivity contribution in [2.45, 2.75) is 257 Å². The van der Waals surface area contributed by atoms with Crippen molar-refractivity contribution in [1.29, 1.82) is 0 Å². The highest BCUT2D eigenvalue weighted by Gasteiger charge is 2.87. The Morgan fingerprint density at radius 2 is 0.741 bits per heavy atom. The van der Waals surface area contributed by atoms with E-state index < -0.39 is 14.5 Å². The van der Waals surface area contributed by atoms with Crippen molar-refractivity contribution in [3.05, 3.63) is 36.7 Å². The third kappa shape index (κ3) is 6.36. The molecule has 7 fully saturated rings. The number of fused-ring (bicyclic) bond motifs is 1. The van der Waals surface area contributed by atoms with Crippen LogP contribution in [0.15, 0.2) is 36.7 Å². The highest BCUT2D eigenvalue weighted by Crippen LogP contribution is 2.96. The smallest absolute Gasteiger partial charge is 0.196 e. The fraction of sp³-hybridized carbons (Fsp3) is 0.840. The Balaban J connectivity index is 1.30. The van der Waals surface area contributed by atoms with Crippen LogP contribution in [0.2, 0.25) is 0 Å². The van der Waals surface area contributed by atoms with E-state index in [1.165, 1.54) is 82.6 Å². The van der Waals surface area contributed by atoms with Crippen LogP contribution in [0.25, 0.3) is 11.0 Å². The fourth-order valence-corrected chi connectivity index (χ4v) is 35.6. The molecule has 7 aliphatic rings. The van der Waals surface area contributed by atoms with Gasteiger partial charge in [-0.1, -0.05) is 38.5 Å². The third-order valence-corrected chi connectivity index (χ3v) is 33.0. The van der Waals surface area contributed by atoms with Crippen LogP contribution in [-0.4, -0.2) is 39.1 Å². The van der Waals surface area contributed by atoms with E-state index in [2.05, 4.69) is 59.8 Å². The standard InChI is InChI=1S/C50H82N2P2/c1-49(53(41-23-9-3-10-24-41,42-25-11-4-12-26-42)43-27-13-5-14-28-43)39-50(40-49,52-38-22-35-47-48(52)36-21-37-51(47)2)54(44-29-15-6-16-30-44,45-31-17-7-18-32-45)46-33-19-8-20-34-46/h21-22,35-38,41-46H,3-20,23-34,39-40H2,1-2H3/q+4. The highest BCUT2D eigenvalue weighted by atomic mass is 31.2. The number of aryl methyl sites for hydroxylation is 1. The second-order valence-corrected chi connectivity index (χ2v) is 30.7. The largest absolute Gasteiger partial charge is 0.281 e. The predicted molar refractivity (Wildman–Crippen MR) is 236 cm³/mol. The van der Waals surface area contributed by atoms with E-state index in [-0.39, 0.29) is 0 Å². The van der Waals surface area contributed by atoms with Crippen LogP contribution in [0.4, 0.5) is 0 Å². The molecule has 0 saturated heterocycles. The Kier molecular flexibility index (Phi) is 11.9. The van der Waals surface area contributed by atoms with Crippen molar-refractivity contribution < 1.29 is 9.13 Å². The summed E-state index contributed by atoms with van der Waals surface area (Å²) in [6.07, 6.45) is 54.8. The highest BCUT2D eigenvalue weighted by molar-refractivity contribution is 7.81. The molecule has 7 saturated carbocycles. The molecule has 0 unspecified atom stereocenters. The molecular formula is C50H82N2P2+4. The first-order valence-electron chi connectivity index (χ1n) is 24.6. The molecule has 0 bridgehead atoms. The normalized spacial score (nSPS) is 31.4. The first-order chi connectivity index (χ1) is 26.5. The zero-order valence-corrected chi connectivity index (χ0v) is 37.1. The number of pyridine rings is 2. The van der Waals surface area contributed by atoms with E-state index in [9.17, 15) is 0 Å². The van der Waals surface area contributed by atoms with Gasteiger partial charge in [0, 0.05) is 31.5 Å². The molecular weight excluding hydrogens is 691 g/mol. The minimum atomic E-state index is -1.50. The van der Waals surface area contributed by atoms with Crippen LogP contribution in [0.1, 0.15) is 212 Å². The van der Waals surface area contributed by atoms with Gasteiger partial charge >= 0.3 is 0 Å². The van der Waals surface area contributed by atoms with Gasteiger partial charge in [0.2, 0.25) is 0 Å². The van der Waals surface area contributed by atoms with Crippen molar-refractivity contribution in [1.82, 2.24) is 0 Å². The van der Waals surface area contributed by atoms with Gasteiger partial charge in [0.15, 0.2) is 12.4 Å². The molecule has 0 aromatic carbocycles. The lowest BCUT2D eigenvalue weighted by Gasteiger charge is -2.66. The number of hydrogen-bond acceptors (Lipinski definition) is 0. The Morgan fingerprint density at radius 1 is 0.426 bits per heavy atom. The maximum atomic E-state index is 3.19. The Hall–Kier alpha value is -0.580. The van der Waals surface area contributed by atoms with Crippen LogP contribution >= 0.6 is 14.5 Å². The minimum absolute atomic E-state index is 0.352. The van der Waals surface area contributed by atoms with Gasteiger partial charge in [-0.2, -0.15) is 9.13 Å². The molecule has 0 spiro atoms. The summed E-state index contributed by atoms with van der Waals surface area (Å²) in [6.45, 7) is 3.08. The van der Waals surface area contributed by atoms with Gasteiger partial charge in [0.1, 0.15) is 7.05 Å². The summed E-state index contributed by atoms with van der Waals surface area (Å²) in [6, 6.07) is 10.0. The Labute approximate surface area is 333 Å². The lowest BCUT2D eigenvalue weighted by Crippen LogP contribution is -2.74. The number of nitrogens with zero attached hydrogens (tertiary/aromatic N) is 2. The summed E-state index contributed by atoms with van der Waals surface area (Å²) in [5.41, 5.74) is 9.40. The predicted octanol–water partition coefficient (Wildman–Crippen LogP) is 14.2. The van der Waals surface area contributed by atoms with E-state index >= 15 is 0 Å². The molecule has 4 heteroatoms. The van der Waals surface area contributed by atoms with Gasteiger partial charge < -0.3 is 0 Å². The fourth-order valence-electron chi connectivity index (χ4n) is 16.9. The van der Waals surface area contributed by atoms with E-state index in [1.54, 1.807) is 134 Å². The third-order valence-electron chi connectivity index (χ3n) is 18.5. The molecule has 54 heavy (non-hydrogen) atoms. The zero-order chi connectivity index (χ0) is 36.6. The van der Waals surface area contributed by atoms with Crippen molar-refractivity contribution in [2.75, 3.05) is 0 Å². The first-order valence-corrected chi connectivity index (χ1v) is 28.6. The molecule has 0 N–H and O–H groups in total. The molecule has 298 valence electrons. The van der Waals surface area contributed by atoms with Gasteiger partial charge in [-0.15, -0.1) is 0 Å². The van der Waals surface area contributed by atoms with Crippen molar-refractivity contribution >= 4 is 25.6 Å². The van der Waals surface area contributed by atoms with Gasteiger partial charge in [-0.05, 0) is 161 Å². The summed E-state index contributed by atoms with van der Waals surface area (Å²) in [5, 5.41) is 0.916. The maximum Gasteiger partial charge on any atom is 0.281 e. The maximum absolute atomic E-state index is 3.19. The average molecular weight is 773 g/mol. The topological polar surface area (TPSA) is 7.76 Å². The number of hydrogen-bond donors (Lipinski definition) is 0. The molecule has 0 radical (unpaired) electrons.